The van der Waals surface area contributed by atoms with Gasteiger partial charge in [0, 0.05) is 84.5 Å². The summed E-state index contributed by atoms with van der Waals surface area (Å²) < 4.78 is 71.1. The number of amides is 4. The fraction of sp³-hybridized carbons (Fsp3) is 0.439. The van der Waals surface area contributed by atoms with Gasteiger partial charge in [0.25, 0.3) is 27.8 Å². The molecule has 5 aromatic rings. The molecule has 21 heteroatoms. The van der Waals surface area contributed by atoms with Crippen molar-refractivity contribution < 1.29 is 65.4 Å². The monoisotopic (exact) mass is 1240 g/mol. The first kappa shape index (κ1) is 63.3. The number of methoxy groups -OCH3 is 2. The minimum atomic E-state index is -4.82. The van der Waals surface area contributed by atoms with Gasteiger partial charge in [0.15, 0.2) is 22.5 Å². The van der Waals surface area contributed by atoms with Crippen LogP contribution in [0.3, 0.4) is 0 Å². The number of ether oxygens (including phenoxy) is 6. The Bertz CT molecular complexity index is 3520. The van der Waals surface area contributed by atoms with Crippen LogP contribution < -0.4 is 29.3 Å². The second kappa shape index (κ2) is 28.2. The summed E-state index contributed by atoms with van der Waals surface area (Å²) >= 11 is 0. The molecule has 0 spiro atoms. The van der Waals surface area contributed by atoms with Crippen LogP contribution >= 0.6 is 21.6 Å². The number of carbonyl (C=O) groups excluding carboxylic acids is 5. The van der Waals surface area contributed by atoms with Crippen molar-refractivity contribution in [3.05, 3.63) is 159 Å². The van der Waals surface area contributed by atoms with E-state index in [0.29, 0.717) is 74.5 Å². The highest BCUT2D eigenvalue weighted by Gasteiger charge is 2.41. The summed E-state index contributed by atoms with van der Waals surface area (Å²) in [6.07, 6.45) is 6.87. The number of carbonyl (C=O) groups is 5. The van der Waals surface area contributed by atoms with E-state index in [0.717, 1.165) is 100 Å². The summed E-state index contributed by atoms with van der Waals surface area (Å²) in [5.74, 6) is -0.0326. The number of aryl methyl sites for hydroxylation is 3. The zero-order valence-electron chi connectivity index (χ0n) is 49.9. The molecule has 462 valence electrons. The average molecular weight is 1250 g/mol. The lowest BCUT2D eigenvalue weighted by atomic mass is 9.86. The van der Waals surface area contributed by atoms with Gasteiger partial charge in [0.05, 0.1) is 46.1 Å². The number of fused-ring (bicyclic) bond motifs is 8. The number of benzene rings is 5. The van der Waals surface area contributed by atoms with Crippen LogP contribution in [0.1, 0.15) is 104 Å². The van der Waals surface area contributed by atoms with Crippen LogP contribution in [0.5, 0.6) is 17.2 Å². The van der Waals surface area contributed by atoms with E-state index in [1.165, 1.54) is 32.7 Å². The minimum absolute atomic E-state index is 0.00481. The number of ketones is 1. The molecule has 0 aromatic heterocycles. The summed E-state index contributed by atoms with van der Waals surface area (Å²) in [5.41, 5.74) is 11.1. The number of imide groups is 1. The fourth-order valence-electron chi connectivity index (χ4n) is 12.5. The molecule has 4 amide bonds. The first-order valence-electron chi connectivity index (χ1n) is 29.6. The largest absolute Gasteiger partial charge is 0.493 e. The lowest BCUT2D eigenvalue weighted by Crippen LogP contribution is -2.44. The summed E-state index contributed by atoms with van der Waals surface area (Å²) in [6.45, 7) is 8.97. The molecule has 2 N–H and O–H groups in total. The predicted octanol–water partition coefficient (Wildman–Crippen LogP) is 9.10. The number of hydrogen-bond donors (Lipinski definition) is 2. The predicted molar refractivity (Wildman–Crippen MR) is 336 cm³/mol. The normalized spacial score (nSPS) is 18.1. The van der Waals surface area contributed by atoms with Crippen molar-refractivity contribution in [3.8, 4) is 17.2 Å². The van der Waals surface area contributed by atoms with Crippen molar-refractivity contribution in [2.24, 2.45) is 5.92 Å². The first-order valence-corrected chi connectivity index (χ1v) is 33.5. The Balaban J connectivity index is 0.896. The van der Waals surface area contributed by atoms with Crippen LogP contribution in [0.4, 0.5) is 11.4 Å². The van der Waals surface area contributed by atoms with Gasteiger partial charge in [0.2, 0.25) is 5.91 Å². The van der Waals surface area contributed by atoms with E-state index in [1.54, 1.807) is 14.2 Å². The minimum Gasteiger partial charge on any atom is -0.493 e. The number of Topliss-reactive ketones (excluding diaryl/α,β-unsaturated/α-hetero) is 1. The van der Waals surface area contributed by atoms with Crippen molar-refractivity contribution in [2.75, 3.05) is 89.0 Å². The molecular formula is C66H76N4O14S3. The topological polar surface area (TPSA) is 217 Å². The molecule has 5 aliphatic rings. The van der Waals surface area contributed by atoms with Gasteiger partial charge in [0.1, 0.15) is 19.0 Å². The maximum atomic E-state index is 14.4. The summed E-state index contributed by atoms with van der Waals surface area (Å²) in [4.78, 5) is 71.0. The van der Waals surface area contributed by atoms with E-state index < -0.39 is 37.8 Å². The number of para-hydroxylation sites is 1. The average Bonchev–Trinajstić information content (AvgIpc) is 1.88. The molecule has 5 aromatic carbocycles. The van der Waals surface area contributed by atoms with Crippen LogP contribution in [0.15, 0.2) is 103 Å². The Morgan fingerprint density at radius 1 is 0.770 bits per heavy atom. The molecule has 87 heavy (non-hydrogen) atoms. The summed E-state index contributed by atoms with van der Waals surface area (Å²) in [6, 6.07) is 30.5. The Kier molecular flexibility index (Phi) is 20.5. The number of rotatable bonds is 29. The second-order valence-corrected chi connectivity index (χ2v) is 28.0. The standard InChI is InChI=1S/C66H76N4O14S3/c1-42-30-54-47(16-17-50-35-48-11-7-9-13-55(48)70(50)65(54)75)36-56(42)83-39-43-31-44(40-84-58-37-46-14-15-49-34-45-10-6-8-12-52(45)62(49)63(73)53(46)38-57(58)80-5)33-51(32-43)68(23-24-81-27-28-82-26-25-79-4)41-66(2,3)86-85-29-20-59(87(76,77)78)64(74)67-21-22-69-60(71)18-19-61(69)72/h6-13,18-19,30-33,36-38,49-50,59,62H,14-17,20-29,34-35,39-41H2,1-5H3,(H,67,74)(H,76,77,78). The van der Waals surface area contributed by atoms with Crippen molar-refractivity contribution in [2.45, 2.75) is 101 Å². The fourth-order valence-corrected chi connectivity index (χ4v) is 16.0. The quantitative estimate of drug-likeness (QED) is 0.0197. The van der Waals surface area contributed by atoms with E-state index in [-0.39, 0.29) is 68.0 Å². The van der Waals surface area contributed by atoms with E-state index in [4.69, 9.17) is 28.4 Å². The number of hydrogen-bond acceptors (Lipinski definition) is 16. The molecule has 0 saturated heterocycles. The number of nitrogens with one attached hydrogen (secondary N) is 1. The van der Waals surface area contributed by atoms with Gasteiger partial charge >= 0.3 is 0 Å². The summed E-state index contributed by atoms with van der Waals surface area (Å²) in [5, 5.41) is 0.685. The number of anilines is 2. The molecule has 3 heterocycles. The zero-order valence-corrected chi connectivity index (χ0v) is 52.3. The molecule has 0 radical (unpaired) electrons. The molecule has 2 aliphatic carbocycles. The van der Waals surface area contributed by atoms with Crippen LogP contribution in [0, 0.1) is 12.8 Å². The molecule has 10 rings (SSSR count). The smallest absolute Gasteiger partial charge is 0.276 e. The Hall–Kier alpha value is -6.72. The molecule has 4 unspecified atom stereocenters. The molecule has 3 aliphatic heterocycles. The third-order valence-corrected chi connectivity index (χ3v) is 21.2. The maximum Gasteiger partial charge on any atom is 0.276 e. The van der Waals surface area contributed by atoms with E-state index in [9.17, 15) is 36.9 Å². The summed E-state index contributed by atoms with van der Waals surface area (Å²) in [7, 11) is 1.26. The van der Waals surface area contributed by atoms with E-state index in [2.05, 4.69) is 60.5 Å². The Morgan fingerprint density at radius 2 is 1.44 bits per heavy atom. The van der Waals surface area contributed by atoms with Crippen molar-refractivity contribution in [1.29, 1.82) is 0 Å². The SMILES string of the molecule is COCCOCCOCCN(CC(C)(C)SSCCC(C(=O)NCCN1C(=O)C=CC1=O)S(=O)(=O)O)c1cc(COc2cc3c(cc2C)C(=O)N2c4ccccc4CC2CC3)cc(COc2cc3c(cc2OC)C(=O)C2c4ccccc4CC2CC3)c1. The van der Waals surface area contributed by atoms with Crippen molar-refractivity contribution in [1.82, 2.24) is 10.2 Å². The third kappa shape index (κ3) is 15.1. The second-order valence-electron chi connectivity index (χ2n) is 23.3. The lowest BCUT2D eigenvalue weighted by molar-refractivity contribution is -0.137. The lowest BCUT2D eigenvalue weighted by Gasteiger charge is -2.34. The first-order chi connectivity index (χ1) is 41.9. The van der Waals surface area contributed by atoms with E-state index in [1.807, 2.05) is 66.4 Å². The van der Waals surface area contributed by atoms with Crippen LogP contribution in [0.2, 0.25) is 0 Å². The van der Waals surface area contributed by atoms with Gasteiger partial charge in [-0.2, -0.15) is 8.42 Å². The van der Waals surface area contributed by atoms with Gasteiger partial charge in [-0.25, -0.2) is 0 Å². The van der Waals surface area contributed by atoms with Crippen LogP contribution in [-0.2, 0) is 77.6 Å². The van der Waals surface area contributed by atoms with Crippen LogP contribution in [0.25, 0.3) is 0 Å². The molecule has 0 bridgehead atoms. The van der Waals surface area contributed by atoms with Crippen LogP contribution in [-0.4, -0.2) is 143 Å². The van der Waals surface area contributed by atoms with Gasteiger partial charge in [-0.3, -0.25) is 33.4 Å². The Labute approximate surface area is 517 Å². The zero-order chi connectivity index (χ0) is 61.4. The van der Waals surface area contributed by atoms with Gasteiger partial charge in [-0.15, -0.1) is 0 Å². The third-order valence-electron chi connectivity index (χ3n) is 16.7. The molecule has 4 atom stereocenters. The number of nitrogens with zero attached hydrogens (tertiary/aromatic N) is 3. The highest BCUT2D eigenvalue weighted by Crippen LogP contribution is 2.47. The van der Waals surface area contributed by atoms with Gasteiger partial charge in [-0.05, 0) is 165 Å². The molecule has 0 fully saturated rings. The van der Waals surface area contributed by atoms with Crippen molar-refractivity contribution in [3.63, 3.8) is 0 Å². The van der Waals surface area contributed by atoms with Gasteiger partial charge in [-0.1, -0.05) is 64.1 Å². The molecule has 0 saturated carbocycles. The van der Waals surface area contributed by atoms with Crippen molar-refractivity contribution >= 4 is 72.5 Å². The highest BCUT2D eigenvalue weighted by atomic mass is 33.1. The molecule has 18 nitrogen and oxygen atoms in total. The maximum absolute atomic E-state index is 14.4. The van der Waals surface area contributed by atoms with Gasteiger partial charge < -0.3 is 43.5 Å². The highest BCUT2D eigenvalue weighted by molar-refractivity contribution is 8.77. The Morgan fingerprint density at radius 3 is 2.17 bits per heavy atom. The van der Waals surface area contributed by atoms with E-state index >= 15 is 0 Å². The molecular weight excluding hydrogens is 1170 g/mol.